The normalized spacial score (nSPS) is 10.2. The molecule has 0 aliphatic carbocycles. The number of carbonyl (C=O) groups excluding carboxylic acids is 2. The van der Waals surface area contributed by atoms with E-state index in [0.29, 0.717) is 47.2 Å². The number of hydrogen-bond donors (Lipinski definition) is 2. The van der Waals surface area contributed by atoms with E-state index >= 15 is 0 Å². The topological polar surface area (TPSA) is 76.7 Å². The Kier molecular flexibility index (Phi) is 7.05. The van der Waals surface area contributed by atoms with Crippen LogP contribution in [-0.4, -0.2) is 25.0 Å². The van der Waals surface area contributed by atoms with Gasteiger partial charge in [0.2, 0.25) is 0 Å². The Bertz CT molecular complexity index is 933. The number of carbonyl (C=O) groups is 2. The highest BCUT2D eigenvalue weighted by molar-refractivity contribution is 6.07. The predicted octanol–water partition coefficient (Wildman–Crippen LogP) is 4.99. The Labute approximate surface area is 175 Å². The molecule has 3 aromatic carbocycles. The first-order valence-electron chi connectivity index (χ1n) is 9.78. The second-order valence-corrected chi connectivity index (χ2v) is 6.34. The van der Waals surface area contributed by atoms with Gasteiger partial charge < -0.3 is 20.1 Å². The molecule has 0 atom stereocenters. The quantitative estimate of drug-likeness (QED) is 0.555. The number of ether oxygens (including phenoxy) is 2. The zero-order chi connectivity index (χ0) is 21.3. The summed E-state index contributed by atoms with van der Waals surface area (Å²) in [6.45, 7) is 4.77. The average Bonchev–Trinajstić information content (AvgIpc) is 2.77. The Morgan fingerprint density at radius 1 is 0.633 bits per heavy atom. The van der Waals surface area contributed by atoms with Gasteiger partial charge in [0.25, 0.3) is 11.8 Å². The van der Waals surface area contributed by atoms with Gasteiger partial charge in [-0.05, 0) is 62.4 Å². The lowest BCUT2D eigenvalue weighted by Crippen LogP contribution is -2.15. The Hall–Kier alpha value is -3.80. The average molecular weight is 404 g/mol. The fraction of sp³-hybridized carbons (Fsp3) is 0.167. The monoisotopic (exact) mass is 404 g/mol. The molecule has 0 aromatic heterocycles. The van der Waals surface area contributed by atoms with E-state index in [1.165, 1.54) is 0 Å². The molecule has 0 spiro atoms. The van der Waals surface area contributed by atoms with Crippen LogP contribution in [0.25, 0.3) is 0 Å². The molecule has 0 aliphatic heterocycles. The van der Waals surface area contributed by atoms with Crippen LogP contribution in [0.3, 0.4) is 0 Å². The maximum atomic E-state index is 12.6. The van der Waals surface area contributed by atoms with Crippen LogP contribution in [0.2, 0.25) is 0 Å². The highest BCUT2D eigenvalue weighted by Gasteiger charge is 2.13. The number of anilines is 2. The molecule has 0 aliphatic rings. The van der Waals surface area contributed by atoms with Crippen LogP contribution in [0.4, 0.5) is 11.4 Å². The largest absolute Gasteiger partial charge is 0.492 e. The highest BCUT2D eigenvalue weighted by Crippen LogP contribution is 2.25. The van der Waals surface area contributed by atoms with Crippen molar-refractivity contribution in [1.82, 2.24) is 0 Å². The van der Waals surface area contributed by atoms with Gasteiger partial charge in [0.1, 0.15) is 11.5 Å². The number of para-hydroxylation sites is 4. The van der Waals surface area contributed by atoms with Gasteiger partial charge in [-0.1, -0.05) is 24.3 Å². The fourth-order valence-electron chi connectivity index (χ4n) is 2.86. The van der Waals surface area contributed by atoms with E-state index in [0.717, 1.165) is 0 Å². The molecule has 2 amide bonds. The van der Waals surface area contributed by atoms with Crippen LogP contribution < -0.4 is 20.1 Å². The van der Waals surface area contributed by atoms with Gasteiger partial charge in [0.05, 0.1) is 24.6 Å². The van der Waals surface area contributed by atoms with E-state index < -0.39 is 0 Å². The summed E-state index contributed by atoms with van der Waals surface area (Å²) >= 11 is 0. The molecule has 154 valence electrons. The van der Waals surface area contributed by atoms with E-state index in [4.69, 9.17) is 9.47 Å². The van der Waals surface area contributed by atoms with Crippen molar-refractivity contribution in [2.75, 3.05) is 23.8 Å². The molecular formula is C24H24N2O4. The molecule has 0 saturated heterocycles. The maximum absolute atomic E-state index is 12.6. The summed E-state index contributed by atoms with van der Waals surface area (Å²) < 4.78 is 11.1. The van der Waals surface area contributed by atoms with Crippen molar-refractivity contribution < 1.29 is 19.1 Å². The molecule has 0 unspecified atom stereocenters. The smallest absolute Gasteiger partial charge is 0.255 e. The van der Waals surface area contributed by atoms with Crippen LogP contribution in [0.15, 0.2) is 72.8 Å². The summed E-state index contributed by atoms with van der Waals surface area (Å²) in [7, 11) is 0. The van der Waals surface area contributed by atoms with Gasteiger partial charge in [-0.3, -0.25) is 9.59 Å². The predicted molar refractivity (Wildman–Crippen MR) is 118 cm³/mol. The molecule has 0 fully saturated rings. The zero-order valence-corrected chi connectivity index (χ0v) is 17.0. The van der Waals surface area contributed by atoms with Crippen molar-refractivity contribution in [3.05, 3.63) is 83.9 Å². The second-order valence-electron chi connectivity index (χ2n) is 6.34. The Morgan fingerprint density at radius 3 is 1.37 bits per heavy atom. The lowest BCUT2D eigenvalue weighted by Gasteiger charge is -2.12. The van der Waals surface area contributed by atoms with E-state index in [1.807, 2.05) is 38.1 Å². The SMILES string of the molecule is CCOc1ccccc1NC(=O)c1ccc(C(=O)Nc2ccccc2OCC)cc1. The summed E-state index contributed by atoms with van der Waals surface area (Å²) in [5, 5.41) is 5.68. The first-order valence-corrected chi connectivity index (χ1v) is 9.78. The molecule has 3 aromatic rings. The fourth-order valence-corrected chi connectivity index (χ4v) is 2.86. The van der Waals surface area contributed by atoms with Crippen LogP contribution in [0.5, 0.6) is 11.5 Å². The van der Waals surface area contributed by atoms with E-state index in [1.54, 1.807) is 48.5 Å². The first-order chi connectivity index (χ1) is 14.6. The number of rotatable bonds is 8. The van der Waals surface area contributed by atoms with Crippen molar-refractivity contribution >= 4 is 23.2 Å². The molecule has 0 saturated carbocycles. The minimum atomic E-state index is -0.282. The van der Waals surface area contributed by atoms with Crippen LogP contribution >= 0.6 is 0 Å². The second kappa shape index (κ2) is 10.1. The molecular weight excluding hydrogens is 380 g/mol. The van der Waals surface area contributed by atoms with Crippen LogP contribution in [0, 0.1) is 0 Å². The molecule has 2 N–H and O–H groups in total. The summed E-state index contributed by atoms with van der Waals surface area (Å²) in [5.41, 5.74) is 2.07. The lowest BCUT2D eigenvalue weighted by molar-refractivity contribution is 0.101. The van der Waals surface area contributed by atoms with Gasteiger partial charge in [0.15, 0.2) is 0 Å². The number of hydrogen-bond acceptors (Lipinski definition) is 4. The van der Waals surface area contributed by atoms with Crippen molar-refractivity contribution in [2.24, 2.45) is 0 Å². The maximum Gasteiger partial charge on any atom is 0.255 e. The minimum absolute atomic E-state index is 0.282. The Balaban J connectivity index is 1.69. The van der Waals surface area contributed by atoms with Gasteiger partial charge in [-0.25, -0.2) is 0 Å². The number of amides is 2. The molecule has 6 nitrogen and oxygen atoms in total. The van der Waals surface area contributed by atoms with Crippen LogP contribution in [-0.2, 0) is 0 Å². The molecule has 0 bridgehead atoms. The van der Waals surface area contributed by atoms with E-state index in [-0.39, 0.29) is 11.8 Å². The third-order valence-electron chi connectivity index (χ3n) is 4.28. The third kappa shape index (κ3) is 5.17. The molecule has 30 heavy (non-hydrogen) atoms. The lowest BCUT2D eigenvalue weighted by atomic mass is 10.1. The molecule has 6 heteroatoms. The van der Waals surface area contributed by atoms with Gasteiger partial charge in [-0.15, -0.1) is 0 Å². The molecule has 0 radical (unpaired) electrons. The molecule has 3 rings (SSSR count). The van der Waals surface area contributed by atoms with E-state index in [9.17, 15) is 9.59 Å². The summed E-state index contributed by atoms with van der Waals surface area (Å²) in [6.07, 6.45) is 0. The Morgan fingerprint density at radius 2 is 1.00 bits per heavy atom. The first kappa shape index (κ1) is 20.9. The minimum Gasteiger partial charge on any atom is -0.492 e. The summed E-state index contributed by atoms with van der Waals surface area (Å²) in [6, 6.07) is 20.9. The number of nitrogens with one attached hydrogen (secondary N) is 2. The zero-order valence-electron chi connectivity index (χ0n) is 17.0. The van der Waals surface area contributed by atoms with Gasteiger partial charge in [0, 0.05) is 11.1 Å². The van der Waals surface area contributed by atoms with Crippen molar-refractivity contribution in [1.29, 1.82) is 0 Å². The van der Waals surface area contributed by atoms with Gasteiger partial charge >= 0.3 is 0 Å². The standard InChI is InChI=1S/C24H24N2O4/c1-3-29-21-11-7-5-9-19(21)25-23(27)17-13-15-18(16-14-17)24(28)26-20-10-6-8-12-22(20)30-4-2/h5-16H,3-4H2,1-2H3,(H,25,27)(H,26,28). The van der Waals surface area contributed by atoms with Gasteiger partial charge in [-0.2, -0.15) is 0 Å². The number of benzene rings is 3. The molecule has 0 heterocycles. The summed E-state index contributed by atoms with van der Waals surface area (Å²) in [4.78, 5) is 25.2. The van der Waals surface area contributed by atoms with Crippen molar-refractivity contribution in [2.45, 2.75) is 13.8 Å². The third-order valence-corrected chi connectivity index (χ3v) is 4.28. The summed E-state index contributed by atoms with van der Waals surface area (Å²) in [5.74, 6) is 0.654. The highest BCUT2D eigenvalue weighted by atomic mass is 16.5. The van der Waals surface area contributed by atoms with Crippen molar-refractivity contribution in [3.63, 3.8) is 0 Å². The van der Waals surface area contributed by atoms with Crippen LogP contribution in [0.1, 0.15) is 34.6 Å². The van der Waals surface area contributed by atoms with E-state index in [2.05, 4.69) is 10.6 Å². The van der Waals surface area contributed by atoms with Crippen molar-refractivity contribution in [3.8, 4) is 11.5 Å².